The van der Waals surface area contributed by atoms with E-state index in [-0.39, 0.29) is 5.91 Å². The number of nitrogens with zero attached hydrogens (tertiary/aromatic N) is 1. The minimum atomic E-state index is -0.177. The molecule has 2 unspecified atom stereocenters. The molecule has 2 rings (SSSR count). The first kappa shape index (κ1) is 11.9. The van der Waals surface area contributed by atoms with Gasteiger partial charge in [0.25, 0.3) is 0 Å². The van der Waals surface area contributed by atoms with Crippen molar-refractivity contribution in [1.82, 2.24) is 10.2 Å². The summed E-state index contributed by atoms with van der Waals surface area (Å²) < 4.78 is 0. The van der Waals surface area contributed by atoms with Crippen LogP contribution >= 0.6 is 0 Å². The molecule has 0 radical (unpaired) electrons. The third-order valence-corrected chi connectivity index (χ3v) is 3.87. The summed E-state index contributed by atoms with van der Waals surface area (Å²) in [5.74, 6) is -0.177. The quantitative estimate of drug-likeness (QED) is 0.731. The van der Waals surface area contributed by atoms with Gasteiger partial charge in [0, 0.05) is 25.0 Å². The van der Waals surface area contributed by atoms with E-state index < -0.39 is 0 Å². The summed E-state index contributed by atoms with van der Waals surface area (Å²) in [7, 11) is 0. The molecule has 0 aliphatic carbocycles. The summed E-state index contributed by atoms with van der Waals surface area (Å²) in [5, 5.41) is 3.59. The Morgan fingerprint density at radius 1 is 1.31 bits per heavy atom. The molecule has 2 aliphatic heterocycles. The summed E-state index contributed by atoms with van der Waals surface area (Å²) in [4.78, 5) is 13.3. The molecule has 0 spiro atoms. The van der Waals surface area contributed by atoms with Crippen molar-refractivity contribution >= 4 is 5.91 Å². The highest BCUT2D eigenvalue weighted by Crippen LogP contribution is 2.24. The van der Waals surface area contributed by atoms with Gasteiger partial charge in [-0.15, -0.1) is 0 Å². The third kappa shape index (κ3) is 2.95. The maximum Gasteiger partial charge on any atom is 0.218 e. The first-order valence-electron chi connectivity index (χ1n) is 6.53. The molecule has 0 aromatic carbocycles. The smallest absolute Gasteiger partial charge is 0.218 e. The summed E-state index contributed by atoms with van der Waals surface area (Å²) in [5.41, 5.74) is 5.23. The Kier molecular flexibility index (Phi) is 4.18. The summed E-state index contributed by atoms with van der Waals surface area (Å²) in [6.45, 7) is 3.14. The van der Waals surface area contributed by atoms with Crippen LogP contribution in [0.1, 0.15) is 38.5 Å². The fraction of sp³-hybridized carbons (Fsp3) is 0.917. The van der Waals surface area contributed by atoms with E-state index in [2.05, 4.69) is 10.2 Å². The molecule has 0 aromatic rings. The van der Waals surface area contributed by atoms with E-state index in [4.69, 9.17) is 5.73 Å². The highest BCUT2D eigenvalue weighted by molar-refractivity contribution is 5.73. The first-order valence-corrected chi connectivity index (χ1v) is 6.53. The highest BCUT2D eigenvalue weighted by atomic mass is 16.1. The molecule has 1 amide bonds. The van der Waals surface area contributed by atoms with Gasteiger partial charge < -0.3 is 11.1 Å². The second-order valence-corrected chi connectivity index (χ2v) is 5.02. The van der Waals surface area contributed by atoms with Gasteiger partial charge in [-0.1, -0.05) is 6.42 Å². The Labute approximate surface area is 97.6 Å². The second kappa shape index (κ2) is 5.64. The van der Waals surface area contributed by atoms with Gasteiger partial charge in [0.15, 0.2) is 0 Å². The molecule has 2 fully saturated rings. The standard InChI is InChI=1S/C12H23N3O/c13-12(16)6-9-15-8-2-1-5-11(15)10-4-3-7-14-10/h10-11,14H,1-9H2,(H2,13,16). The molecule has 4 heteroatoms. The van der Waals surface area contributed by atoms with Gasteiger partial charge in [-0.3, -0.25) is 9.69 Å². The van der Waals surface area contributed by atoms with Crippen molar-refractivity contribution < 1.29 is 4.79 Å². The number of hydrogen-bond donors (Lipinski definition) is 2. The maximum atomic E-state index is 10.8. The predicted octanol–water partition coefficient (Wildman–Crippen LogP) is 0.468. The molecule has 2 heterocycles. The zero-order valence-electron chi connectivity index (χ0n) is 9.95. The van der Waals surface area contributed by atoms with Gasteiger partial charge in [0.1, 0.15) is 0 Å². The Morgan fingerprint density at radius 3 is 2.88 bits per heavy atom. The first-order chi connectivity index (χ1) is 7.77. The number of carbonyl (C=O) groups is 1. The summed E-state index contributed by atoms with van der Waals surface area (Å²) >= 11 is 0. The number of likely N-dealkylation sites (tertiary alicyclic amines) is 1. The van der Waals surface area contributed by atoms with E-state index in [1.54, 1.807) is 0 Å². The normalized spacial score (nSPS) is 31.8. The van der Waals surface area contributed by atoms with E-state index in [0.717, 1.165) is 19.6 Å². The third-order valence-electron chi connectivity index (χ3n) is 3.87. The van der Waals surface area contributed by atoms with Gasteiger partial charge in [0.2, 0.25) is 5.91 Å². The molecular weight excluding hydrogens is 202 g/mol. The lowest BCUT2D eigenvalue weighted by Crippen LogP contribution is -2.50. The van der Waals surface area contributed by atoms with Gasteiger partial charge in [-0.05, 0) is 38.8 Å². The average molecular weight is 225 g/mol. The van der Waals surface area contributed by atoms with Gasteiger partial charge in [0.05, 0.1) is 0 Å². The van der Waals surface area contributed by atoms with E-state index in [9.17, 15) is 4.79 Å². The number of piperidine rings is 1. The zero-order valence-corrected chi connectivity index (χ0v) is 9.95. The zero-order chi connectivity index (χ0) is 11.4. The molecule has 92 valence electrons. The molecule has 4 nitrogen and oxygen atoms in total. The topological polar surface area (TPSA) is 58.4 Å². The average Bonchev–Trinajstić information content (AvgIpc) is 2.80. The number of rotatable bonds is 4. The van der Waals surface area contributed by atoms with Crippen molar-refractivity contribution in [3.8, 4) is 0 Å². The van der Waals surface area contributed by atoms with Gasteiger partial charge in [-0.25, -0.2) is 0 Å². The molecule has 2 atom stereocenters. The Hall–Kier alpha value is -0.610. The van der Waals surface area contributed by atoms with Crippen LogP contribution in [0.5, 0.6) is 0 Å². The number of carbonyl (C=O) groups excluding carboxylic acids is 1. The van der Waals surface area contributed by atoms with Crippen molar-refractivity contribution in [3.63, 3.8) is 0 Å². The fourth-order valence-electron chi connectivity index (χ4n) is 3.04. The molecule has 2 aliphatic rings. The lowest BCUT2D eigenvalue weighted by Gasteiger charge is -2.39. The fourth-order valence-corrected chi connectivity index (χ4v) is 3.04. The number of nitrogens with two attached hydrogens (primary N) is 1. The van der Waals surface area contributed by atoms with E-state index >= 15 is 0 Å². The van der Waals surface area contributed by atoms with Gasteiger partial charge in [-0.2, -0.15) is 0 Å². The number of amides is 1. The van der Waals surface area contributed by atoms with E-state index in [1.165, 1.54) is 32.1 Å². The highest BCUT2D eigenvalue weighted by Gasteiger charge is 2.31. The van der Waals surface area contributed by atoms with Crippen LogP contribution in [0.15, 0.2) is 0 Å². The van der Waals surface area contributed by atoms with E-state index in [1.807, 2.05) is 0 Å². The molecule has 2 saturated heterocycles. The van der Waals surface area contributed by atoms with Gasteiger partial charge >= 0.3 is 0 Å². The van der Waals surface area contributed by atoms with Crippen LogP contribution in [-0.4, -0.2) is 42.5 Å². The van der Waals surface area contributed by atoms with Crippen LogP contribution in [0.25, 0.3) is 0 Å². The van der Waals surface area contributed by atoms with Crippen molar-refractivity contribution in [2.24, 2.45) is 5.73 Å². The number of primary amides is 1. The SMILES string of the molecule is NC(=O)CCN1CCCCC1C1CCCN1. The maximum absolute atomic E-state index is 10.8. The van der Waals surface area contributed by atoms with E-state index in [0.29, 0.717) is 18.5 Å². The van der Waals surface area contributed by atoms with Crippen LogP contribution in [0.3, 0.4) is 0 Å². The lowest BCUT2D eigenvalue weighted by atomic mass is 9.94. The molecule has 0 saturated carbocycles. The molecule has 3 N–H and O–H groups in total. The summed E-state index contributed by atoms with van der Waals surface area (Å²) in [6.07, 6.45) is 6.96. The second-order valence-electron chi connectivity index (χ2n) is 5.02. The van der Waals surface area contributed by atoms with Crippen LogP contribution in [-0.2, 0) is 4.79 Å². The Morgan fingerprint density at radius 2 is 2.19 bits per heavy atom. The van der Waals surface area contributed by atoms with Crippen LogP contribution in [0, 0.1) is 0 Å². The Balaban J connectivity index is 1.88. The van der Waals surface area contributed by atoms with Crippen molar-refractivity contribution in [1.29, 1.82) is 0 Å². The largest absolute Gasteiger partial charge is 0.370 e. The number of nitrogens with one attached hydrogen (secondary N) is 1. The Bertz CT molecular complexity index is 238. The predicted molar refractivity (Wildman–Crippen MR) is 64.0 cm³/mol. The minimum absolute atomic E-state index is 0.177. The van der Waals surface area contributed by atoms with Crippen LogP contribution in [0.2, 0.25) is 0 Å². The number of hydrogen-bond acceptors (Lipinski definition) is 3. The van der Waals surface area contributed by atoms with Crippen molar-refractivity contribution in [2.45, 2.75) is 50.6 Å². The molecular formula is C12H23N3O. The monoisotopic (exact) mass is 225 g/mol. The molecule has 0 aromatic heterocycles. The molecule has 16 heavy (non-hydrogen) atoms. The van der Waals surface area contributed by atoms with Crippen LogP contribution in [0.4, 0.5) is 0 Å². The lowest BCUT2D eigenvalue weighted by molar-refractivity contribution is -0.118. The minimum Gasteiger partial charge on any atom is -0.370 e. The molecule has 0 bridgehead atoms. The summed E-state index contributed by atoms with van der Waals surface area (Å²) in [6, 6.07) is 1.28. The van der Waals surface area contributed by atoms with Crippen molar-refractivity contribution in [2.75, 3.05) is 19.6 Å². The van der Waals surface area contributed by atoms with Crippen molar-refractivity contribution in [3.05, 3.63) is 0 Å². The van der Waals surface area contributed by atoms with Crippen LogP contribution < -0.4 is 11.1 Å².